The Morgan fingerprint density at radius 2 is 1.79 bits per heavy atom. The highest BCUT2D eigenvalue weighted by molar-refractivity contribution is 5.79. The summed E-state index contributed by atoms with van der Waals surface area (Å²) in [5.74, 6) is 0.494. The van der Waals surface area contributed by atoms with Crippen molar-refractivity contribution >= 4 is 5.96 Å². The van der Waals surface area contributed by atoms with Crippen LogP contribution in [0.15, 0.2) is 53.5 Å². The summed E-state index contributed by atoms with van der Waals surface area (Å²) in [5.41, 5.74) is 3.28. The van der Waals surface area contributed by atoms with E-state index in [2.05, 4.69) is 46.8 Å². The number of rotatable bonds is 6. The minimum Gasteiger partial charge on any atom is -0.381 e. The molecule has 1 aliphatic rings. The molecule has 0 aliphatic carbocycles. The third-order valence-electron chi connectivity index (χ3n) is 5.47. The van der Waals surface area contributed by atoms with E-state index in [0.29, 0.717) is 18.1 Å². The maximum atomic E-state index is 13.9. The summed E-state index contributed by atoms with van der Waals surface area (Å²) in [6.45, 7) is 7.56. The van der Waals surface area contributed by atoms with Gasteiger partial charge >= 0.3 is 0 Å². The average molecular weight is 384 g/mol. The van der Waals surface area contributed by atoms with Crippen molar-refractivity contribution in [1.29, 1.82) is 0 Å². The Bertz CT molecular complexity index is 800. The normalized spacial score (nSPS) is 16.6. The van der Waals surface area contributed by atoms with Crippen molar-refractivity contribution in [3.05, 3.63) is 71.0 Å². The van der Waals surface area contributed by atoms with Gasteiger partial charge in [0.15, 0.2) is 5.96 Å². The number of hydrogen-bond donors (Lipinski definition) is 2. The Hall–Kier alpha value is -2.40. The summed E-state index contributed by atoms with van der Waals surface area (Å²) in [7, 11) is 0. The van der Waals surface area contributed by atoms with Crippen molar-refractivity contribution < 1.29 is 9.13 Å². The number of aliphatic imine (C=N–C) groups is 1. The van der Waals surface area contributed by atoms with Gasteiger partial charge in [0.25, 0.3) is 0 Å². The summed E-state index contributed by atoms with van der Waals surface area (Å²) >= 11 is 0. The van der Waals surface area contributed by atoms with Gasteiger partial charge in [-0.1, -0.05) is 42.5 Å². The second kappa shape index (κ2) is 9.69. The van der Waals surface area contributed by atoms with E-state index in [0.717, 1.165) is 39.1 Å². The summed E-state index contributed by atoms with van der Waals surface area (Å²) in [6, 6.07) is 15.4. The van der Waals surface area contributed by atoms with Crippen molar-refractivity contribution in [2.24, 2.45) is 4.99 Å². The van der Waals surface area contributed by atoms with Crippen molar-refractivity contribution in [2.45, 2.75) is 38.6 Å². The molecule has 0 bridgehead atoms. The number of nitrogens with zero attached hydrogens (tertiary/aromatic N) is 1. The summed E-state index contributed by atoms with van der Waals surface area (Å²) in [6.07, 6.45) is 1.94. The van der Waals surface area contributed by atoms with Gasteiger partial charge in [0.1, 0.15) is 5.82 Å². The molecule has 4 nitrogen and oxygen atoms in total. The molecule has 2 aromatic rings. The standard InChI is InChI=1S/C23H30FN3O/c1-3-25-22(26-16-19-9-5-7-11-21(19)24)27-17-23(12-14-28-15-13-23)20-10-6-4-8-18(20)2/h4-11H,3,12-17H2,1-2H3,(H2,25,26,27). The molecule has 2 N–H and O–H groups in total. The third kappa shape index (κ3) is 4.90. The van der Waals surface area contributed by atoms with Gasteiger partial charge in [-0.15, -0.1) is 0 Å². The minimum absolute atomic E-state index is 0.0117. The third-order valence-corrected chi connectivity index (χ3v) is 5.47. The van der Waals surface area contributed by atoms with E-state index < -0.39 is 0 Å². The maximum Gasteiger partial charge on any atom is 0.191 e. The number of benzene rings is 2. The van der Waals surface area contributed by atoms with Crippen LogP contribution in [0, 0.1) is 12.7 Å². The summed E-state index contributed by atoms with van der Waals surface area (Å²) in [4.78, 5) is 4.60. The highest BCUT2D eigenvalue weighted by Gasteiger charge is 2.35. The zero-order valence-electron chi connectivity index (χ0n) is 16.8. The highest BCUT2D eigenvalue weighted by Crippen LogP contribution is 2.36. The Kier molecular flexibility index (Phi) is 7.04. The number of nitrogens with one attached hydrogen (secondary N) is 2. The van der Waals surface area contributed by atoms with Gasteiger partial charge in [-0.05, 0) is 43.9 Å². The molecule has 0 spiro atoms. The molecule has 3 rings (SSSR count). The molecule has 0 amide bonds. The zero-order chi connectivity index (χ0) is 19.8. The first-order valence-electron chi connectivity index (χ1n) is 10.0. The molecular weight excluding hydrogens is 353 g/mol. The van der Waals surface area contributed by atoms with Crippen LogP contribution in [0.5, 0.6) is 0 Å². The van der Waals surface area contributed by atoms with Crippen LogP contribution in [0.1, 0.15) is 36.5 Å². The largest absolute Gasteiger partial charge is 0.381 e. The fourth-order valence-corrected chi connectivity index (χ4v) is 3.86. The lowest BCUT2D eigenvalue weighted by Gasteiger charge is -2.39. The lowest BCUT2D eigenvalue weighted by Crippen LogP contribution is -2.48. The zero-order valence-corrected chi connectivity index (χ0v) is 16.8. The fraction of sp³-hybridized carbons (Fsp3) is 0.435. The average Bonchev–Trinajstić information content (AvgIpc) is 2.72. The molecular formula is C23H30FN3O. The molecule has 1 aliphatic heterocycles. The quantitative estimate of drug-likeness (QED) is 0.587. The summed E-state index contributed by atoms with van der Waals surface area (Å²) < 4.78 is 19.5. The molecule has 1 heterocycles. The van der Waals surface area contributed by atoms with E-state index in [4.69, 9.17) is 4.74 Å². The molecule has 2 aromatic carbocycles. The maximum absolute atomic E-state index is 13.9. The Morgan fingerprint density at radius 3 is 2.50 bits per heavy atom. The molecule has 1 fully saturated rings. The first-order valence-corrected chi connectivity index (χ1v) is 10.0. The molecule has 5 heteroatoms. The van der Waals surface area contributed by atoms with Gasteiger partial charge in [-0.3, -0.25) is 0 Å². The van der Waals surface area contributed by atoms with Crippen LogP contribution >= 0.6 is 0 Å². The number of aryl methyl sites for hydroxylation is 1. The molecule has 150 valence electrons. The van der Waals surface area contributed by atoms with Gasteiger partial charge in [-0.2, -0.15) is 0 Å². The van der Waals surface area contributed by atoms with Gasteiger partial charge in [0, 0.05) is 37.3 Å². The van der Waals surface area contributed by atoms with Crippen LogP contribution in [0.3, 0.4) is 0 Å². The number of ether oxygens (including phenoxy) is 1. The van der Waals surface area contributed by atoms with Gasteiger partial charge in [0.2, 0.25) is 0 Å². The second-order valence-corrected chi connectivity index (χ2v) is 7.35. The van der Waals surface area contributed by atoms with E-state index >= 15 is 0 Å². The Labute approximate surface area is 167 Å². The Morgan fingerprint density at radius 1 is 1.07 bits per heavy atom. The lowest BCUT2D eigenvalue weighted by atomic mass is 9.72. The first kappa shape index (κ1) is 20.3. The lowest BCUT2D eigenvalue weighted by molar-refractivity contribution is 0.0512. The van der Waals surface area contributed by atoms with Crippen molar-refractivity contribution in [1.82, 2.24) is 10.6 Å². The summed E-state index contributed by atoms with van der Waals surface area (Å²) in [5, 5.41) is 6.79. The number of guanidine groups is 1. The fourth-order valence-electron chi connectivity index (χ4n) is 3.86. The second-order valence-electron chi connectivity index (χ2n) is 7.35. The van der Waals surface area contributed by atoms with Crippen LogP contribution in [0.4, 0.5) is 4.39 Å². The first-order chi connectivity index (χ1) is 13.6. The van der Waals surface area contributed by atoms with E-state index in [9.17, 15) is 4.39 Å². The van der Waals surface area contributed by atoms with Crippen molar-refractivity contribution in [2.75, 3.05) is 26.3 Å². The molecule has 0 atom stereocenters. The Balaban J connectivity index is 1.77. The van der Waals surface area contributed by atoms with E-state index in [1.807, 2.05) is 13.0 Å². The predicted octanol–water partition coefficient (Wildman–Crippen LogP) is 3.94. The molecule has 0 saturated carbocycles. The van der Waals surface area contributed by atoms with Crippen LogP contribution in [-0.2, 0) is 16.7 Å². The predicted molar refractivity (Wildman–Crippen MR) is 112 cm³/mol. The van der Waals surface area contributed by atoms with Crippen LogP contribution in [0.2, 0.25) is 0 Å². The SMILES string of the molecule is CCNC(=NCc1ccccc1F)NCC1(c2ccccc2C)CCOCC1. The smallest absolute Gasteiger partial charge is 0.191 e. The molecule has 28 heavy (non-hydrogen) atoms. The van der Waals surface area contributed by atoms with Gasteiger partial charge in [-0.25, -0.2) is 9.38 Å². The van der Waals surface area contributed by atoms with Crippen molar-refractivity contribution in [3.63, 3.8) is 0 Å². The highest BCUT2D eigenvalue weighted by atomic mass is 19.1. The minimum atomic E-state index is -0.220. The topological polar surface area (TPSA) is 45.7 Å². The van der Waals surface area contributed by atoms with E-state index in [1.54, 1.807) is 12.1 Å². The molecule has 0 aromatic heterocycles. The van der Waals surface area contributed by atoms with Gasteiger partial charge in [0.05, 0.1) is 6.54 Å². The monoisotopic (exact) mass is 383 g/mol. The van der Waals surface area contributed by atoms with E-state index in [-0.39, 0.29) is 11.2 Å². The van der Waals surface area contributed by atoms with Crippen LogP contribution in [-0.4, -0.2) is 32.3 Å². The molecule has 0 unspecified atom stereocenters. The van der Waals surface area contributed by atoms with Crippen LogP contribution < -0.4 is 10.6 Å². The van der Waals surface area contributed by atoms with Crippen molar-refractivity contribution in [3.8, 4) is 0 Å². The van der Waals surface area contributed by atoms with Crippen LogP contribution in [0.25, 0.3) is 0 Å². The van der Waals surface area contributed by atoms with E-state index in [1.165, 1.54) is 17.2 Å². The number of halogens is 1. The van der Waals surface area contributed by atoms with Gasteiger partial charge < -0.3 is 15.4 Å². The molecule has 1 saturated heterocycles. The molecule has 0 radical (unpaired) electrons. The number of hydrogen-bond acceptors (Lipinski definition) is 2.